The van der Waals surface area contributed by atoms with Crippen molar-refractivity contribution in [1.82, 2.24) is 9.97 Å². The molecule has 0 aliphatic heterocycles. The lowest BCUT2D eigenvalue weighted by molar-refractivity contribution is -0.141. The maximum Gasteiger partial charge on any atom is 0.433 e. The van der Waals surface area contributed by atoms with Crippen LogP contribution in [0.2, 0.25) is 0 Å². The summed E-state index contributed by atoms with van der Waals surface area (Å²) in [6.45, 7) is 1.46. The molecular weight excluding hydrogens is 302 g/mol. The van der Waals surface area contributed by atoms with Crippen LogP contribution in [0.5, 0.6) is 0 Å². The first-order valence-electron chi connectivity index (χ1n) is 5.91. The summed E-state index contributed by atoms with van der Waals surface area (Å²) in [7, 11) is 1.28. The van der Waals surface area contributed by atoms with E-state index in [2.05, 4.69) is 15.3 Å². The molecule has 1 N–H and O–H groups in total. The summed E-state index contributed by atoms with van der Waals surface area (Å²) in [5.74, 6) is -0.832. The lowest BCUT2D eigenvalue weighted by Gasteiger charge is -2.29. The Bertz CT molecular complexity index is 483. The second kappa shape index (κ2) is 5.94. The van der Waals surface area contributed by atoms with Crippen LogP contribution in [0.1, 0.15) is 19.5 Å². The van der Waals surface area contributed by atoms with Crippen LogP contribution in [-0.4, -0.2) is 35.8 Å². The fraction of sp³-hybridized carbons (Fsp3) is 0.636. The normalized spacial score (nSPS) is 12.7. The van der Waals surface area contributed by atoms with Crippen molar-refractivity contribution in [2.24, 2.45) is 0 Å². The van der Waals surface area contributed by atoms with Gasteiger partial charge in [0.05, 0.1) is 0 Å². The van der Waals surface area contributed by atoms with E-state index in [1.807, 2.05) is 0 Å². The molecule has 0 atom stereocenters. The number of nitrogens with one attached hydrogen (secondary N) is 1. The zero-order chi connectivity index (χ0) is 16.4. The second-order valence-corrected chi connectivity index (χ2v) is 4.52. The number of halogens is 6. The van der Waals surface area contributed by atoms with E-state index >= 15 is 0 Å². The molecule has 0 bridgehead atoms. The first-order chi connectivity index (χ1) is 9.44. The van der Waals surface area contributed by atoms with Gasteiger partial charge in [-0.2, -0.15) is 31.3 Å². The Kier molecular flexibility index (Phi) is 4.90. The smallest absolute Gasteiger partial charge is 0.357 e. The molecule has 0 aromatic carbocycles. The van der Waals surface area contributed by atoms with Gasteiger partial charge in [-0.3, -0.25) is 0 Å². The maximum atomic E-state index is 12.7. The van der Waals surface area contributed by atoms with E-state index in [9.17, 15) is 26.3 Å². The molecule has 120 valence electrons. The largest absolute Gasteiger partial charge is 0.433 e. The predicted octanol–water partition coefficient (Wildman–Crippen LogP) is 3.31. The molecule has 0 amide bonds. The van der Waals surface area contributed by atoms with E-state index in [0.29, 0.717) is 6.07 Å². The van der Waals surface area contributed by atoms with Gasteiger partial charge in [0.25, 0.3) is 0 Å². The molecule has 0 unspecified atom stereocenters. The molecule has 21 heavy (non-hydrogen) atoms. The molecule has 0 saturated heterocycles. The SMILES string of the molecule is CNc1nc(N(CC(F)(F)F)C(C)C)cc(C(F)(F)F)n1. The number of alkyl halides is 6. The monoisotopic (exact) mass is 316 g/mol. The van der Waals surface area contributed by atoms with Crippen LogP contribution in [0.4, 0.5) is 38.1 Å². The molecule has 0 spiro atoms. The molecule has 0 radical (unpaired) electrons. The predicted molar refractivity (Wildman–Crippen MR) is 65.1 cm³/mol. The van der Waals surface area contributed by atoms with Crippen LogP contribution in [0.15, 0.2) is 6.07 Å². The first kappa shape index (κ1) is 17.3. The van der Waals surface area contributed by atoms with Crippen LogP contribution in [-0.2, 0) is 6.18 Å². The van der Waals surface area contributed by atoms with Crippen molar-refractivity contribution >= 4 is 11.8 Å². The summed E-state index contributed by atoms with van der Waals surface area (Å²) in [6.07, 6.45) is -9.34. The fourth-order valence-electron chi connectivity index (χ4n) is 1.56. The van der Waals surface area contributed by atoms with Crippen LogP contribution in [0.25, 0.3) is 0 Å². The van der Waals surface area contributed by atoms with Gasteiger partial charge in [-0.05, 0) is 13.8 Å². The highest BCUT2D eigenvalue weighted by atomic mass is 19.4. The highest BCUT2D eigenvalue weighted by Crippen LogP contribution is 2.32. The van der Waals surface area contributed by atoms with Crippen LogP contribution in [0, 0.1) is 0 Å². The van der Waals surface area contributed by atoms with Crippen molar-refractivity contribution in [3.8, 4) is 0 Å². The van der Waals surface area contributed by atoms with Crippen molar-refractivity contribution in [3.05, 3.63) is 11.8 Å². The van der Waals surface area contributed by atoms with Crippen LogP contribution >= 0.6 is 0 Å². The molecule has 0 aliphatic rings. The van der Waals surface area contributed by atoms with Crippen molar-refractivity contribution in [2.45, 2.75) is 32.2 Å². The lowest BCUT2D eigenvalue weighted by Crippen LogP contribution is -2.40. The minimum atomic E-state index is -4.77. The molecule has 4 nitrogen and oxygen atoms in total. The van der Waals surface area contributed by atoms with Gasteiger partial charge in [-0.15, -0.1) is 0 Å². The molecule has 0 aliphatic carbocycles. The lowest BCUT2D eigenvalue weighted by atomic mass is 10.3. The third-order valence-electron chi connectivity index (χ3n) is 2.49. The van der Waals surface area contributed by atoms with E-state index in [4.69, 9.17) is 0 Å². The van der Waals surface area contributed by atoms with Crippen molar-refractivity contribution in [1.29, 1.82) is 0 Å². The molecule has 1 aromatic heterocycles. The fourth-order valence-corrected chi connectivity index (χ4v) is 1.56. The Morgan fingerprint density at radius 3 is 2.10 bits per heavy atom. The number of anilines is 2. The standard InChI is InChI=1S/C11H14F6N4/c1-6(2)21(5-10(12,13)14)8-4-7(11(15,16)17)19-9(18-3)20-8/h4,6H,5H2,1-3H3,(H,18,19,20). The Hall–Kier alpha value is -1.74. The number of hydrogen-bond acceptors (Lipinski definition) is 4. The Balaban J connectivity index is 3.31. The summed E-state index contributed by atoms with van der Waals surface area (Å²) in [6, 6.07) is -0.181. The topological polar surface area (TPSA) is 41.1 Å². The molecule has 0 saturated carbocycles. The first-order valence-corrected chi connectivity index (χ1v) is 5.91. The van der Waals surface area contributed by atoms with Crippen molar-refractivity contribution < 1.29 is 26.3 Å². The van der Waals surface area contributed by atoms with Gasteiger partial charge in [-0.25, -0.2) is 4.98 Å². The Labute approximate surface area is 117 Å². The average Bonchev–Trinajstić information content (AvgIpc) is 2.33. The van der Waals surface area contributed by atoms with Crippen LogP contribution < -0.4 is 10.2 Å². The van der Waals surface area contributed by atoms with Crippen LogP contribution in [0.3, 0.4) is 0 Å². The number of rotatable bonds is 4. The highest BCUT2D eigenvalue weighted by Gasteiger charge is 2.36. The molecule has 1 aromatic rings. The number of hydrogen-bond donors (Lipinski definition) is 1. The van der Waals surface area contributed by atoms with Gasteiger partial charge >= 0.3 is 12.4 Å². The third kappa shape index (κ3) is 4.94. The van der Waals surface area contributed by atoms with Gasteiger partial charge in [0, 0.05) is 19.2 Å². The van der Waals surface area contributed by atoms with Gasteiger partial charge in [0.15, 0.2) is 5.69 Å². The van der Waals surface area contributed by atoms with Gasteiger partial charge in [-0.1, -0.05) is 0 Å². The molecule has 1 rings (SSSR count). The van der Waals surface area contributed by atoms with E-state index in [-0.39, 0.29) is 0 Å². The number of aromatic nitrogens is 2. The van der Waals surface area contributed by atoms with Crippen molar-refractivity contribution in [2.75, 3.05) is 23.8 Å². The second-order valence-electron chi connectivity index (χ2n) is 4.52. The molecule has 10 heteroatoms. The maximum absolute atomic E-state index is 12.7. The van der Waals surface area contributed by atoms with Crippen molar-refractivity contribution in [3.63, 3.8) is 0 Å². The van der Waals surface area contributed by atoms with Gasteiger partial charge in [0.1, 0.15) is 12.4 Å². The quantitative estimate of drug-likeness (QED) is 0.865. The zero-order valence-electron chi connectivity index (χ0n) is 11.5. The van der Waals surface area contributed by atoms with Gasteiger partial charge in [0.2, 0.25) is 5.95 Å². The van der Waals surface area contributed by atoms with E-state index in [1.165, 1.54) is 20.9 Å². The summed E-state index contributed by atoms with van der Waals surface area (Å²) in [5, 5.41) is 2.31. The highest BCUT2D eigenvalue weighted by molar-refractivity contribution is 5.46. The minimum Gasteiger partial charge on any atom is -0.357 e. The molecule has 1 heterocycles. The third-order valence-corrected chi connectivity index (χ3v) is 2.49. The minimum absolute atomic E-state index is 0.396. The zero-order valence-corrected chi connectivity index (χ0v) is 11.5. The summed E-state index contributed by atoms with van der Waals surface area (Å²) in [5.41, 5.74) is -1.30. The number of nitrogens with zero attached hydrogens (tertiary/aromatic N) is 3. The van der Waals surface area contributed by atoms with E-state index in [0.717, 1.165) is 4.90 Å². The van der Waals surface area contributed by atoms with E-state index < -0.39 is 42.4 Å². The molecule has 0 fully saturated rings. The van der Waals surface area contributed by atoms with Gasteiger partial charge < -0.3 is 10.2 Å². The Morgan fingerprint density at radius 1 is 1.14 bits per heavy atom. The average molecular weight is 316 g/mol. The summed E-state index contributed by atoms with van der Waals surface area (Å²) < 4.78 is 75.8. The Morgan fingerprint density at radius 2 is 1.71 bits per heavy atom. The molecular formula is C11H14F6N4. The van der Waals surface area contributed by atoms with E-state index in [1.54, 1.807) is 0 Å². The summed E-state index contributed by atoms with van der Waals surface area (Å²) in [4.78, 5) is 7.61. The summed E-state index contributed by atoms with van der Waals surface area (Å²) >= 11 is 0.